The Bertz CT molecular complexity index is 2730. The van der Waals surface area contributed by atoms with Crippen molar-refractivity contribution in [3.63, 3.8) is 0 Å². The molecule has 4 aliphatic rings. The van der Waals surface area contributed by atoms with Crippen LogP contribution in [-0.2, 0) is 38.1 Å². The Labute approximate surface area is 430 Å². The molecule has 23 nitrogen and oxygen atoms in total. The van der Waals surface area contributed by atoms with Gasteiger partial charge in [-0.15, -0.1) is 16.9 Å². The predicted octanol–water partition coefficient (Wildman–Crippen LogP) is 3.09. The first-order chi connectivity index (χ1) is 34.8. The average molecular weight is 1060 g/mol. The molecule has 5 bridgehead atoms. The van der Waals surface area contributed by atoms with E-state index in [4.69, 9.17) is 28.4 Å². The van der Waals surface area contributed by atoms with E-state index in [-0.39, 0.29) is 63.1 Å². The van der Waals surface area contributed by atoms with Crippen molar-refractivity contribution < 1.29 is 88.1 Å². The molecule has 1 fully saturated rings. The fourth-order valence-corrected chi connectivity index (χ4v) is 10.1. The van der Waals surface area contributed by atoms with Crippen LogP contribution >= 0.6 is 11.8 Å². The molecule has 0 unspecified atom stereocenters. The normalized spacial score (nSPS) is 31.3. The number of carbonyl (C=O) groups excluding carboxylic acids is 5. The van der Waals surface area contributed by atoms with Gasteiger partial charge in [0.15, 0.2) is 17.8 Å². The number of anilines is 1. The number of aromatic hydroxyl groups is 3. The van der Waals surface area contributed by atoms with E-state index in [2.05, 4.69) is 20.7 Å². The van der Waals surface area contributed by atoms with Crippen LogP contribution < -0.4 is 15.4 Å². The lowest BCUT2D eigenvalue weighted by Gasteiger charge is -2.38. The van der Waals surface area contributed by atoms with Crippen LogP contribution in [-0.4, -0.2) is 161 Å². The lowest BCUT2D eigenvalue weighted by Crippen LogP contribution is -2.46. The van der Waals surface area contributed by atoms with Crippen LogP contribution in [0.3, 0.4) is 0 Å². The van der Waals surface area contributed by atoms with Crippen molar-refractivity contribution in [2.75, 3.05) is 37.9 Å². The lowest BCUT2D eigenvalue weighted by molar-refractivity contribution is -0.160. The quantitative estimate of drug-likeness (QED) is 0.0314. The third kappa shape index (κ3) is 11.7. The Morgan fingerprint density at radius 1 is 0.919 bits per heavy atom. The molecule has 0 radical (unpaired) electrons. The number of aliphatic hydroxyl groups is 4. The van der Waals surface area contributed by atoms with Gasteiger partial charge in [0.1, 0.15) is 60.3 Å². The lowest BCUT2D eigenvalue weighted by atomic mass is 9.78. The van der Waals surface area contributed by atoms with Crippen LogP contribution in [0.5, 0.6) is 23.0 Å². The number of Topliss-reactive ketones (excluding diaryl/α,β-unsaturated/α-hetero) is 2. The SMILES string of the molecule is CO[C@H]1/C=C/O[C@@]2(C)Oc3c(C)c(O)c4c(O)c(c(SCCNC(=O)COC[C@H]5O[C@@H](n6cnc(C(C)=O)n6)[C@H](O)[C@@H]5O)c(O)c4c3C2=O)NC(=O)/C(C)=C\C=C\[C@H](C)[C@H](O)[C@@H](C)[C@@H](O)[C@@H](C)[C@H](OC(C)=O)[C@@H]1C. The van der Waals surface area contributed by atoms with Crippen molar-refractivity contribution in [2.24, 2.45) is 23.7 Å². The second-order valence-corrected chi connectivity index (χ2v) is 20.0. The van der Waals surface area contributed by atoms with Gasteiger partial charge in [0.05, 0.1) is 47.0 Å². The summed E-state index contributed by atoms with van der Waals surface area (Å²) in [7, 11) is 1.40. The number of carbonyl (C=O) groups is 5. The summed E-state index contributed by atoms with van der Waals surface area (Å²) >= 11 is 0.864. The van der Waals surface area contributed by atoms with E-state index >= 15 is 0 Å². The van der Waals surface area contributed by atoms with Crippen LogP contribution in [0.4, 0.5) is 5.69 Å². The summed E-state index contributed by atoms with van der Waals surface area (Å²) in [6, 6.07) is 0. The zero-order valence-corrected chi connectivity index (χ0v) is 43.4. The summed E-state index contributed by atoms with van der Waals surface area (Å²) in [5.74, 6) is -10.4. The molecule has 5 heterocycles. The smallest absolute Gasteiger partial charge is 0.312 e. The molecule has 7 rings (SSSR count). The molecule has 13 atom stereocenters. The van der Waals surface area contributed by atoms with Gasteiger partial charge in [-0.2, -0.15) is 0 Å². The molecule has 0 aliphatic carbocycles. The van der Waals surface area contributed by atoms with Gasteiger partial charge in [-0.3, -0.25) is 24.0 Å². The van der Waals surface area contributed by atoms with E-state index in [1.54, 1.807) is 33.8 Å². The molecule has 0 spiro atoms. The number of methoxy groups -OCH3 is 1. The number of ketones is 2. The van der Waals surface area contributed by atoms with E-state index in [1.165, 1.54) is 66.3 Å². The van der Waals surface area contributed by atoms with Crippen LogP contribution in [0.1, 0.15) is 88.2 Å². The van der Waals surface area contributed by atoms with Crippen molar-refractivity contribution in [3.8, 4) is 23.0 Å². The van der Waals surface area contributed by atoms with E-state index in [9.17, 15) is 59.7 Å². The fraction of sp³-hybridized carbons (Fsp3) is 0.540. The second-order valence-electron chi connectivity index (χ2n) is 18.9. The number of rotatable bonds is 12. The number of amides is 2. The first-order valence-corrected chi connectivity index (χ1v) is 24.8. The molecule has 2 aromatic carbocycles. The van der Waals surface area contributed by atoms with Crippen molar-refractivity contribution >= 4 is 57.6 Å². The van der Waals surface area contributed by atoms with Gasteiger partial charge in [-0.25, -0.2) is 9.67 Å². The Balaban J connectivity index is 1.29. The number of aliphatic hydroxyl groups excluding tert-OH is 4. The second kappa shape index (κ2) is 23.6. The van der Waals surface area contributed by atoms with Gasteiger partial charge in [0.25, 0.3) is 11.7 Å². The number of benzene rings is 2. The number of allylic oxidation sites excluding steroid dienone is 2. The highest BCUT2D eigenvalue weighted by molar-refractivity contribution is 7.99. The van der Waals surface area contributed by atoms with Crippen LogP contribution in [0.2, 0.25) is 0 Å². The van der Waals surface area contributed by atoms with E-state index in [0.717, 1.165) is 22.7 Å². The molecule has 74 heavy (non-hydrogen) atoms. The minimum absolute atomic E-state index is 0.0182. The van der Waals surface area contributed by atoms with Gasteiger partial charge in [-0.05, 0) is 19.9 Å². The van der Waals surface area contributed by atoms with Gasteiger partial charge in [-0.1, -0.05) is 45.9 Å². The van der Waals surface area contributed by atoms with Crippen LogP contribution in [0.25, 0.3) is 10.8 Å². The number of hydrogen-bond donors (Lipinski definition) is 9. The Morgan fingerprint density at radius 3 is 2.27 bits per heavy atom. The van der Waals surface area contributed by atoms with E-state index < -0.39 is 137 Å². The maximum absolute atomic E-state index is 14.6. The van der Waals surface area contributed by atoms with E-state index in [0.29, 0.717) is 0 Å². The average Bonchev–Trinajstić information content (AvgIpc) is 4.04. The highest BCUT2D eigenvalue weighted by Crippen LogP contribution is 2.57. The maximum atomic E-state index is 14.6. The minimum Gasteiger partial charge on any atom is -0.507 e. The Kier molecular flexibility index (Phi) is 18.2. The Hall–Kier alpha value is -6.12. The summed E-state index contributed by atoms with van der Waals surface area (Å²) in [6.07, 6.45) is -0.893. The third-order valence-electron chi connectivity index (χ3n) is 13.6. The highest BCUT2D eigenvalue weighted by atomic mass is 32.2. The number of nitrogens with zero attached hydrogens (tertiary/aromatic N) is 3. The largest absolute Gasteiger partial charge is 0.507 e. The number of nitrogens with one attached hydrogen (secondary N) is 2. The summed E-state index contributed by atoms with van der Waals surface area (Å²) in [4.78, 5) is 69.1. The summed E-state index contributed by atoms with van der Waals surface area (Å²) in [6.45, 7) is 12.5. The third-order valence-corrected chi connectivity index (χ3v) is 14.7. The number of thioether (sulfide) groups is 1. The molecular formula is C50H65N5O18S. The first kappa shape index (κ1) is 57.2. The van der Waals surface area contributed by atoms with Crippen molar-refractivity contribution in [2.45, 2.75) is 122 Å². The van der Waals surface area contributed by atoms with Crippen molar-refractivity contribution in [1.82, 2.24) is 20.1 Å². The van der Waals surface area contributed by atoms with E-state index in [1.807, 2.05) is 0 Å². The van der Waals surface area contributed by atoms with Crippen LogP contribution in [0, 0.1) is 30.6 Å². The van der Waals surface area contributed by atoms with Crippen molar-refractivity contribution in [1.29, 1.82) is 0 Å². The zero-order chi connectivity index (χ0) is 54.7. The molecule has 1 aromatic heterocycles. The van der Waals surface area contributed by atoms with Crippen LogP contribution in [0.15, 0.2) is 47.4 Å². The zero-order valence-electron chi connectivity index (χ0n) is 42.6. The predicted molar refractivity (Wildman–Crippen MR) is 264 cm³/mol. The van der Waals surface area contributed by atoms with Gasteiger partial charge in [0.2, 0.25) is 11.7 Å². The summed E-state index contributed by atoms with van der Waals surface area (Å²) in [5, 5.41) is 88.5. The number of phenols is 3. The molecular weight excluding hydrogens is 991 g/mol. The standard InChI is InChI=1S/C50H65N5O18S/c1-21-12-11-13-22(2)48(67)53-35-40(63)33-32(41(64)45(35)74-17-15-51-31(58)19-69-18-30-39(62)42(65)49(72-30)55-20-52-47(54-55)27(7)56)34-44(26(6)38(33)61)73-50(9,46(34)66)70-16-14-29(68-10)23(3)43(71-28(8)57)25(5)37(60)24(4)36(21)59/h11-14,16,20-21,23-25,29-30,36-37,39,42-43,49,59-65H,15,17-19H2,1-10H3,(H,51,58)(H,53,67)/b12-11+,16-14+,22-13-/t21-,23+,24+,25+,29-,30+,36-,37+,39+,42+,43+,49+,50-/m0/s1. The number of ether oxygens (including phenoxy) is 6. The molecule has 4 aliphatic heterocycles. The molecule has 0 saturated carbocycles. The van der Waals surface area contributed by atoms with Crippen molar-refractivity contribution in [3.05, 3.63) is 59.4 Å². The molecule has 404 valence electrons. The van der Waals surface area contributed by atoms with Gasteiger partial charge >= 0.3 is 11.8 Å². The summed E-state index contributed by atoms with van der Waals surface area (Å²) < 4.78 is 35.9. The minimum atomic E-state index is -2.13. The highest BCUT2D eigenvalue weighted by Gasteiger charge is 2.50. The molecule has 3 aromatic rings. The monoisotopic (exact) mass is 1060 g/mol. The first-order valence-electron chi connectivity index (χ1n) is 23.8. The number of esters is 1. The molecule has 24 heteroatoms. The molecule has 9 N–H and O–H groups in total. The Morgan fingerprint density at radius 2 is 1.62 bits per heavy atom. The summed E-state index contributed by atoms with van der Waals surface area (Å²) in [5.41, 5.74) is -0.542. The number of aromatic nitrogens is 3. The molecule has 2 amide bonds. The maximum Gasteiger partial charge on any atom is 0.312 e. The van der Waals surface area contributed by atoms with Gasteiger partial charge in [0, 0.05) is 80.4 Å². The fourth-order valence-electron chi connectivity index (χ4n) is 9.14. The number of fused-ring (bicyclic) bond motifs is 14. The van der Waals surface area contributed by atoms with Gasteiger partial charge < -0.3 is 74.8 Å². The number of hydrogen-bond acceptors (Lipinski definition) is 21. The topological polar surface area (TPSA) is 337 Å². The number of phenolic OH excluding ortho intramolecular Hbond substituents is 3. The molecule has 1 saturated heterocycles.